The lowest BCUT2D eigenvalue weighted by Crippen LogP contribution is -2.42. The van der Waals surface area contributed by atoms with Gasteiger partial charge in [-0.2, -0.15) is 0 Å². The van der Waals surface area contributed by atoms with Crippen LogP contribution in [0.2, 0.25) is 0 Å². The zero-order valence-electron chi connectivity index (χ0n) is 13.1. The number of hydrogen-bond acceptors (Lipinski definition) is 5. The van der Waals surface area contributed by atoms with E-state index in [1.807, 2.05) is 13.8 Å². The van der Waals surface area contributed by atoms with E-state index in [1.54, 1.807) is 18.2 Å². The third-order valence-corrected chi connectivity index (χ3v) is 3.11. The van der Waals surface area contributed by atoms with Crippen LogP contribution in [0.4, 0.5) is 11.4 Å². The molecule has 1 aromatic rings. The second-order valence-corrected chi connectivity index (χ2v) is 5.54. The van der Waals surface area contributed by atoms with E-state index in [9.17, 15) is 19.7 Å². The number of benzene rings is 1. The first-order valence-electron chi connectivity index (χ1n) is 7.30. The lowest BCUT2D eigenvalue weighted by molar-refractivity contribution is -0.384. The molecule has 0 radical (unpaired) electrons. The minimum absolute atomic E-state index is 0.0217. The van der Waals surface area contributed by atoms with Crippen LogP contribution in [0.15, 0.2) is 24.3 Å². The molecule has 8 heteroatoms. The number of amides is 1. The lowest BCUT2D eigenvalue weighted by Gasteiger charge is -2.16. The maximum atomic E-state index is 11.8. The highest BCUT2D eigenvalue weighted by Gasteiger charge is 2.21. The van der Waals surface area contributed by atoms with E-state index in [2.05, 4.69) is 10.6 Å². The topological polar surface area (TPSA) is 122 Å². The lowest BCUT2D eigenvalue weighted by atomic mass is 10.0. The molecule has 1 aromatic carbocycles. The van der Waals surface area contributed by atoms with Gasteiger partial charge in [0.05, 0.1) is 4.92 Å². The van der Waals surface area contributed by atoms with Gasteiger partial charge in [0, 0.05) is 19.0 Å². The van der Waals surface area contributed by atoms with E-state index in [-0.39, 0.29) is 24.6 Å². The van der Waals surface area contributed by atoms with Crippen molar-refractivity contribution in [3.05, 3.63) is 34.4 Å². The smallest absolute Gasteiger partial charge is 0.326 e. The van der Waals surface area contributed by atoms with Crippen LogP contribution in [-0.2, 0) is 9.59 Å². The van der Waals surface area contributed by atoms with Crippen LogP contribution < -0.4 is 10.6 Å². The largest absolute Gasteiger partial charge is 0.480 e. The van der Waals surface area contributed by atoms with Crippen molar-refractivity contribution in [1.82, 2.24) is 5.32 Å². The number of carbonyl (C=O) groups excluding carboxylic acids is 1. The number of carbonyl (C=O) groups is 2. The second kappa shape index (κ2) is 8.72. The summed E-state index contributed by atoms with van der Waals surface area (Å²) in [4.78, 5) is 33.2. The Morgan fingerprint density at radius 1 is 1.30 bits per heavy atom. The van der Waals surface area contributed by atoms with Gasteiger partial charge in [0.2, 0.25) is 5.91 Å². The summed E-state index contributed by atoms with van der Waals surface area (Å²) in [6.45, 7) is 3.92. The fourth-order valence-corrected chi connectivity index (χ4v) is 2.05. The molecule has 1 amide bonds. The summed E-state index contributed by atoms with van der Waals surface area (Å²) in [5, 5.41) is 25.2. The van der Waals surface area contributed by atoms with Gasteiger partial charge < -0.3 is 15.7 Å². The van der Waals surface area contributed by atoms with Crippen molar-refractivity contribution in [3.63, 3.8) is 0 Å². The minimum Gasteiger partial charge on any atom is -0.480 e. The Labute approximate surface area is 134 Å². The predicted octanol–water partition coefficient (Wildman–Crippen LogP) is 2.01. The number of anilines is 1. The highest BCUT2D eigenvalue weighted by atomic mass is 16.6. The number of hydrogen-bond donors (Lipinski definition) is 3. The Balaban J connectivity index is 2.51. The number of nitrogens with zero attached hydrogens (tertiary/aromatic N) is 1. The van der Waals surface area contributed by atoms with E-state index in [0.717, 1.165) is 0 Å². The second-order valence-electron chi connectivity index (χ2n) is 5.54. The Kier molecular flexibility index (Phi) is 6.98. The van der Waals surface area contributed by atoms with Crippen LogP contribution in [-0.4, -0.2) is 34.5 Å². The number of carboxylic acid groups (broad SMARTS) is 1. The molecule has 0 bridgehead atoms. The summed E-state index contributed by atoms with van der Waals surface area (Å²) in [6, 6.07) is 5.20. The maximum Gasteiger partial charge on any atom is 0.326 e. The third kappa shape index (κ3) is 6.33. The Morgan fingerprint density at radius 2 is 1.96 bits per heavy atom. The van der Waals surface area contributed by atoms with Gasteiger partial charge in [0.25, 0.3) is 5.69 Å². The van der Waals surface area contributed by atoms with Crippen molar-refractivity contribution < 1.29 is 19.6 Å². The number of nitrogens with one attached hydrogen (secondary N) is 2. The monoisotopic (exact) mass is 323 g/mol. The summed E-state index contributed by atoms with van der Waals surface area (Å²) in [5.41, 5.74) is 0.249. The predicted molar refractivity (Wildman–Crippen MR) is 85.2 cm³/mol. The molecule has 0 aliphatic carbocycles. The fourth-order valence-electron chi connectivity index (χ4n) is 2.05. The van der Waals surface area contributed by atoms with Crippen LogP contribution in [0.1, 0.15) is 26.7 Å². The van der Waals surface area contributed by atoms with Crippen LogP contribution in [0.3, 0.4) is 0 Å². The van der Waals surface area contributed by atoms with Crippen molar-refractivity contribution in [1.29, 1.82) is 0 Å². The van der Waals surface area contributed by atoms with Gasteiger partial charge >= 0.3 is 5.97 Å². The van der Waals surface area contributed by atoms with Gasteiger partial charge in [0.1, 0.15) is 11.7 Å². The van der Waals surface area contributed by atoms with E-state index in [0.29, 0.717) is 12.1 Å². The summed E-state index contributed by atoms with van der Waals surface area (Å²) in [5.74, 6) is -1.34. The van der Waals surface area contributed by atoms with Crippen LogP contribution >= 0.6 is 0 Å². The van der Waals surface area contributed by atoms with Crippen LogP contribution in [0.5, 0.6) is 0 Å². The molecule has 1 rings (SSSR count). The van der Waals surface area contributed by atoms with Crippen molar-refractivity contribution in [3.8, 4) is 0 Å². The number of nitro groups is 1. The molecule has 23 heavy (non-hydrogen) atoms. The van der Waals surface area contributed by atoms with Crippen LogP contribution in [0, 0.1) is 16.0 Å². The SMILES string of the molecule is CC(C)C[C@H](NC(=O)CCNc1ccccc1[N+](=O)[O-])C(=O)O. The molecule has 0 saturated carbocycles. The molecule has 0 saturated heterocycles. The summed E-state index contributed by atoms with van der Waals surface area (Å²) in [7, 11) is 0. The van der Waals surface area contributed by atoms with E-state index in [1.165, 1.54) is 6.07 Å². The zero-order chi connectivity index (χ0) is 17.4. The van der Waals surface area contributed by atoms with Crippen molar-refractivity contribution in [2.45, 2.75) is 32.7 Å². The quantitative estimate of drug-likeness (QED) is 0.472. The van der Waals surface area contributed by atoms with Gasteiger partial charge in [-0.1, -0.05) is 26.0 Å². The van der Waals surface area contributed by atoms with Gasteiger partial charge in [0.15, 0.2) is 0 Å². The minimum atomic E-state index is -1.07. The Bertz CT molecular complexity index is 574. The van der Waals surface area contributed by atoms with Gasteiger partial charge in [-0.15, -0.1) is 0 Å². The fraction of sp³-hybridized carbons (Fsp3) is 0.467. The number of carboxylic acids is 1. The first kappa shape index (κ1) is 18.4. The number of nitro benzene ring substituents is 1. The molecule has 0 spiro atoms. The van der Waals surface area contributed by atoms with Gasteiger partial charge in [-0.25, -0.2) is 4.79 Å². The van der Waals surface area contributed by atoms with Gasteiger partial charge in [-0.05, 0) is 18.4 Å². The third-order valence-electron chi connectivity index (χ3n) is 3.11. The Morgan fingerprint density at radius 3 is 2.52 bits per heavy atom. The highest BCUT2D eigenvalue weighted by molar-refractivity contribution is 5.83. The first-order chi connectivity index (χ1) is 10.8. The summed E-state index contributed by atoms with van der Waals surface area (Å²) < 4.78 is 0. The summed E-state index contributed by atoms with van der Waals surface area (Å²) in [6.07, 6.45) is 0.368. The molecule has 1 atom stereocenters. The van der Waals surface area contributed by atoms with E-state index >= 15 is 0 Å². The normalized spacial score (nSPS) is 11.8. The molecular formula is C15H21N3O5. The molecule has 0 aliphatic rings. The first-order valence-corrected chi connectivity index (χ1v) is 7.30. The number of rotatable bonds is 9. The molecular weight excluding hydrogens is 302 g/mol. The molecule has 8 nitrogen and oxygen atoms in total. The van der Waals surface area contributed by atoms with Crippen molar-refractivity contribution in [2.24, 2.45) is 5.92 Å². The molecule has 3 N–H and O–H groups in total. The molecule has 126 valence electrons. The molecule has 0 aliphatic heterocycles. The van der Waals surface area contributed by atoms with Crippen LogP contribution in [0.25, 0.3) is 0 Å². The van der Waals surface area contributed by atoms with E-state index in [4.69, 9.17) is 5.11 Å². The van der Waals surface area contributed by atoms with E-state index < -0.39 is 22.8 Å². The number of aliphatic carboxylic acids is 1. The standard InChI is InChI=1S/C15H21N3O5/c1-10(2)9-12(15(20)21)17-14(19)7-8-16-11-5-3-4-6-13(11)18(22)23/h3-6,10,12,16H,7-9H2,1-2H3,(H,17,19)(H,20,21)/t12-/m0/s1. The molecule has 0 aromatic heterocycles. The molecule has 0 heterocycles. The zero-order valence-corrected chi connectivity index (χ0v) is 13.1. The van der Waals surface area contributed by atoms with Crippen molar-refractivity contribution in [2.75, 3.05) is 11.9 Å². The summed E-state index contributed by atoms with van der Waals surface area (Å²) >= 11 is 0. The maximum absolute atomic E-state index is 11.8. The average Bonchev–Trinajstić information content (AvgIpc) is 2.46. The molecule has 0 unspecified atom stereocenters. The Hall–Kier alpha value is -2.64. The molecule has 0 fully saturated rings. The highest BCUT2D eigenvalue weighted by Crippen LogP contribution is 2.22. The van der Waals surface area contributed by atoms with Gasteiger partial charge in [-0.3, -0.25) is 14.9 Å². The number of para-hydroxylation sites is 2. The average molecular weight is 323 g/mol. The van der Waals surface area contributed by atoms with Crippen molar-refractivity contribution >= 4 is 23.3 Å².